The number of carbonyl (C=O) groups is 1. The summed E-state index contributed by atoms with van der Waals surface area (Å²) in [6.07, 6.45) is 1.92. The van der Waals surface area contributed by atoms with Crippen LogP contribution in [0.15, 0.2) is 53.4 Å². The quantitative estimate of drug-likeness (QED) is 0.662. The van der Waals surface area contributed by atoms with Gasteiger partial charge in [-0.15, -0.1) is 0 Å². The van der Waals surface area contributed by atoms with Gasteiger partial charge in [-0.3, -0.25) is 9.69 Å². The Hall–Kier alpha value is -3.00. The number of anilines is 2. The Labute approximate surface area is 163 Å². The Balaban J connectivity index is 1.78. The van der Waals surface area contributed by atoms with Crippen molar-refractivity contribution in [2.75, 3.05) is 36.2 Å². The molecule has 2 heterocycles. The minimum Gasteiger partial charge on any atom is -0.357 e. The van der Waals surface area contributed by atoms with E-state index in [0.717, 1.165) is 30.3 Å². The van der Waals surface area contributed by atoms with Gasteiger partial charge in [-0.05, 0) is 42.8 Å². The molecule has 0 saturated carbocycles. The molecule has 1 aliphatic heterocycles. The molecule has 0 spiro atoms. The van der Waals surface area contributed by atoms with E-state index in [1.54, 1.807) is 17.0 Å². The van der Waals surface area contributed by atoms with Crippen LogP contribution in [0.2, 0.25) is 0 Å². The van der Waals surface area contributed by atoms with Gasteiger partial charge in [-0.2, -0.15) is 0 Å². The molecule has 2 aromatic carbocycles. The molecule has 0 saturated heterocycles. The molecule has 144 valence electrons. The maximum Gasteiger partial charge on any atom is 0.259 e. The van der Waals surface area contributed by atoms with Crippen LogP contribution < -0.4 is 9.80 Å². The normalized spacial score (nSPS) is 14.6. The summed E-state index contributed by atoms with van der Waals surface area (Å²) >= 11 is 0. The number of rotatable bonds is 2. The summed E-state index contributed by atoms with van der Waals surface area (Å²) in [7, 11) is -1.37. The second kappa shape index (κ2) is 6.87. The number of hydrogen-bond donors (Lipinski definition) is 0. The van der Waals surface area contributed by atoms with Crippen molar-refractivity contribution in [1.29, 1.82) is 0 Å². The second-order valence-corrected chi connectivity index (χ2v) is 8.90. The van der Waals surface area contributed by atoms with Crippen molar-refractivity contribution in [2.24, 2.45) is 0 Å². The molecule has 0 radical (unpaired) electrons. The molecule has 1 aliphatic rings. The average Bonchev–Trinajstić information content (AvgIpc) is 2.84. The van der Waals surface area contributed by atoms with Crippen LogP contribution >= 0.6 is 0 Å². The fourth-order valence-corrected chi connectivity index (χ4v) is 3.93. The molecule has 1 amide bonds. The number of benzene rings is 2. The van der Waals surface area contributed by atoms with E-state index in [2.05, 4.69) is 0 Å². The monoisotopic (exact) mass is 396 g/mol. The minimum absolute atomic E-state index is 0.186. The Bertz CT molecular complexity index is 1160. The number of para-hydroxylation sites is 2. The molecule has 0 aliphatic carbocycles. The first kappa shape index (κ1) is 18.4. The van der Waals surface area contributed by atoms with Gasteiger partial charge < -0.3 is 4.90 Å². The van der Waals surface area contributed by atoms with Crippen molar-refractivity contribution in [3.8, 4) is 0 Å². The summed E-state index contributed by atoms with van der Waals surface area (Å²) in [4.78, 5) is 26.5. The molecule has 8 heteroatoms. The smallest absolute Gasteiger partial charge is 0.259 e. The standard InChI is InChI=1S/C20H20N4O3S/c1-23-12-5-13-24(19-18(23)21-16-6-3-4-7-17(16)22-19)20(25)14-8-10-15(11-9-14)28(2,26)27/h3-4,6-11H,5,12-13H2,1-2H3. The Morgan fingerprint density at radius 1 is 0.929 bits per heavy atom. The molecule has 0 atom stereocenters. The fourth-order valence-electron chi connectivity index (χ4n) is 3.29. The number of sulfone groups is 1. The highest BCUT2D eigenvalue weighted by molar-refractivity contribution is 7.90. The number of hydrogen-bond acceptors (Lipinski definition) is 6. The van der Waals surface area contributed by atoms with Crippen molar-refractivity contribution < 1.29 is 13.2 Å². The van der Waals surface area contributed by atoms with Crippen molar-refractivity contribution >= 4 is 38.4 Å². The van der Waals surface area contributed by atoms with Gasteiger partial charge in [0.1, 0.15) is 0 Å². The molecule has 0 fully saturated rings. The van der Waals surface area contributed by atoms with E-state index in [4.69, 9.17) is 9.97 Å². The van der Waals surface area contributed by atoms with E-state index in [1.165, 1.54) is 12.1 Å². The topological polar surface area (TPSA) is 83.5 Å². The molecule has 4 rings (SSSR count). The van der Waals surface area contributed by atoms with Crippen molar-refractivity contribution in [3.63, 3.8) is 0 Å². The first-order chi connectivity index (χ1) is 13.3. The molecule has 28 heavy (non-hydrogen) atoms. The average molecular weight is 396 g/mol. The van der Waals surface area contributed by atoms with Crippen LogP contribution in [0.4, 0.5) is 11.6 Å². The van der Waals surface area contributed by atoms with Crippen LogP contribution in [0, 0.1) is 0 Å². The van der Waals surface area contributed by atoms with Crippen molar-refractivity contribution in [1.82, 2.24) is 9.97 Å². The van der Waals surface area contributed by atoms with E-state index >= 15 is 0 Å². The second-order valence-electron chi connectivity index (χ2n) is 6.89. The molecule has 0 N–H and O–H groups in total. The van der Waals surface area contributed by atoms with Gasteiger partial charge in [0.15, 0.2) is 21.5 Å². The zero-order valence-corrected chi connectivity index (χ0v) is 16.5. The SMILES string of the molecule is CN1CCCN(C(=O)c2ccc(S(C)(=O)=O)cc2)c2nc3ccccc3nc21. The summed E-state index contributed by atoms with van der Waals surface area (Å²) in [5, 5.41) is 0. The van der Waals surface area contributed by atoms with Crippen LogP contribution in [0.1, 0.15) is 16.8 Å². The first-order valence-electron chi connectivity index (χ1n) is 8.94. The molecule has 0 unspecified atom stereocenters. The summed E-state index contributed by atoms with van der Waals surface area (Å²) in [6.45, 7) is 1.27. The number of nitrogens with zero attached hydrogens (tertiary/aromatic N) is 4. The lowest BCUT2D eigenvalue weighted by molar-refractivity contribution is 0.0986. The molecule has 7 nitrogen and oxygen atoms in total. The van der Waals surface area contributed by atoms with Gasteiger partial charge in [-0.25, -0.2) is 18.4 Å². The van der Waals surface area contributed by atoms with Crippen molar-refractivity contribution in [2.45, 2.75) is 11.3 Å². The Morgan fingerprint density at radius 2 is 1.54 bits per heavy atom. The lowest BCUT2D eigenvalue weighted by Gasteiger charge is -2.23. The molecular weight excluding hydrogens is 376 g/mol. The largest absolute Gasteiger partial charge is 0.357 e. The lowest BCUT2D eigenvalue weighted by atomic mass is 10.2. The fraction of sp³-hybridized carbons (Fsp3) is 0.250. The Kier molecular flexibility index (Phi) is 4.50. The van der Waals surface area contributed by atoms with E-state index in [0.29, 0.717) is 23.7 Å². The van der Waals surface area contributed by atoms with Gasteiger partial charge >= 0.3 is 0 Å². The summed E-state index contributed by atoms with van der Waals surface area (Å²) in [5.74, 6) is 0.967. The third kappa shape index (κ3) is 3.31. The van der Waals surface area contributed by atoms with E-state index in [1.807, 2.05) is 36.2 Å². The summed E-state index contributed by atoms with van der Waals surface area (Å²) in [6, 6.07) is 13.6. The van der Waals surface area contributed by atoms with Gasteiger partial charge in [0.2, 0.25) is 0 Å². The number of aromatic nitrogens is 2. The summed E-state index contributed by atoms with van der Waals surface area (Å²) < 4.78 is 23.3. The van der Waals surface area contributed by atoms with E-state index in [-0.39, 0.29) is 10.8 Å². The maximum atomic E-state index is 13.2. The van der Waals surface area contributed by atoms with E-state index in [9.17, 15) is 13.2 Å². The molecule has 0 bridgehead atoms. The molecular formula is C20H20N4O3S. The van der Waals surface area contributed by atoms with Crippen LogP contribution in [-0.2, 0) is 9.84 Å². The van der Waals surface area contributed by atoms with Crippen LogP contribution in [0.25, 0.3) is 11.0 Å². The van der Waals surface area contributed by atoms with Crippen LogP contribution in [0.5, 0.6) is 0 Å². The highest BCUT2D eigenvalue weighted by Crippen LogP contribution is 2.31. The van der Waals surface area contributed by atoms with Crippen molar-refractivity contribution in [3.05, 3.63) is 54.1 Å². The zero-order chi connectivity index (χ0) is 19.9. The number of carbonyl (C=O) groups excluding carboxylic acids is 1. The van der Waals surface area contributed by atoms with Gasteiger partial charge in [-0.1, -0.05) is 12.1 Å². The highest BCUT2D eigenvalue weighted by atomic mass is 32.2. The lowest BCUT2D eigenvalue weighted by Crippen LogP contribution is -2.32. The van der Waals surface area contributed by atoms with E-state index < -0.39 is 9.84 Å². The Morgan fingerprint density at radius 3 is 2.14 bits per heavy atom. The predicted octanol–water partition coefficient (Wildman–Crippen LogP) is 2.52. The third-order valence-electron chi connectivity index (χ3n) is 4.80. The predicted molar refractivity (Wildman–Crippen MR) is 109 cm³/mol. The maximum absolute atomic E-state index is 13.2. The van der Waals surface area contributed by atoms with Crippen LogP contribution in [-0.4, -0.2) is 50.7 Å². The third-order valence-corrected chi connectivity index (χ3v) is 5.93. The van der Waals surface area contributed by atoms with Gasteiger partial charge in [0.25, 0.3) is 5.91 Å². The number of fused-ring (bicyclic) bond motifs is 2. The molecule has 3 aromatic rings. The summed E-state index contributed by atoms with van der Waals surface area (Å²) in [5.41, 5.74) is 1.92. The van der Waals surface area contributed by atoms with Gasteiger partial charge in [0, 0.05) is 32.0 Å². The molecule has 1 aromatic heterocycles. The van der Waals surface area contributed by atoms with Gasteiger partial charge in [0.05, 0.1) is 15.9 Å². The zero-order valence-electron chi connectivity index (χ0n) is 15.7. The highest BCUT2D eigenvalue weighted by Gasteiger charge is 2.27. The van der Waals surface area contributed by atoms with Crippen LogP contribution in [0.3, 0.4) is 0 Å². The number of amides is 1. The first-order valence-corrected chi connectivity index (χ1v) is 10.8. The minimum atomic E-state index is -3.31.